The molecule has 3 aliphatic heterocycles. The quantitative estimate of drug-likeness (QED) is 0.499. The predicted molar refractivity (Wildman–Crippen MR) is 110 cm³/mol. The second-order valence-corrected chi connectivity index (χ2v) is 8.72. The standard InChI is InChI=1S/C19H27BrN4O4/c1-21-6-8-22(9-7-21)14-2-4-23(5-3-14)17-11-19(28-15-12-27-13-15)18(24(25)26)10-16(17)20/h10-11,14-15H,2-9,12-13H2,1H3. The van der Waals surface area contributed by atoms with Crippen LogP contribution in [0.5, 0.6) is 5.75 Å². The zero-order valence-electron chi connectivity index (χ0n) is 16.2. The Morgan fingerprint density at radius 2 is 1.82 bits per heavy atom. The van der Waals surface area contributed by atoms with E-state index in [9.17, 15) is 10.1 Å². The normalized spacial score (nSPS) is 22.9. The van der Waals surface area contributed by atoms with Crippen molar-refractivity contribution in [1.29, 1.82) is 0 Å². The fourth-order valence-electron chi connectivity index (χ4n) is 4.13. The molecule has 3 heterocycles. The summed E-state index contributed by atoms with van der Waals surface area (Å²) in [5.41, 5.74) is 0.965. The molecule has 1 aromatic carbocycles. The summed E-state index contributed by atoms with van der Waals surface area (Å²) in [5.74, 6) is 0.331. The lowest BCUT2D eigenvalue weighted by Crippen LogP contribution is -2.52. The minimum absolute atomic E-state index is 0.00477. The zero-order chi connectivity index (χ0) is 19.7. The number of nitro groups is 1. The molecule has 154 valence electrons. The third-order valence-corrected chi connectivity index (χ3v) is 6.62. The highest BCUT2D eigenvalue weighted by molar-refractivity contribution is 9.10. The van der Waals surface area contributed by atoms with Crippen LogP contribution in [0.4, 0.5) is 11.4 Å². The lowest BCUT2D eigenvalue weighted by atomic mass is 10.0. The first-order valence-electron chi connectivity index (χ1n) is 9.91. The molecule has 1 aromatic rings. The maximum Gasteiger partial charge on any atom is 0.312 e. The van der Waals surface area contributed by atoms with Gasteiger partial charge < -0.3 is 19.3 Å². The van der Waals surface area contributed by atoms with Crippen LogP contribution in [-0.2, 0) is 4.74 Å². The summed E-state index contributed by atoms with van der Waals surface area (Å²) in [6.07, 6.45) is 2.12. The lowest BCUT2D eigenvalue weighted by Gasteiger charge is -2.42. The molecular weight excluding hydrogens is 428 g/mol. The van der Waals surface area contributed by atoms with E-state index in [4.69, 9.17) is 9.47 Å². The molecule has 0 N–H and O–H groups in total. The van der Waals surface area contributed by atoms with E-state index in [-0.39, 0.29) is 16.7 Å². The molecule has 0 atom stereocenters. The molecule has 28 heavy (non-hydrogen) atoms. The predicted octanol–water partition coefficient (Wildman–Crippen LogP) is 2.35. The summed E-state index contributed by atoms with van der Waals surface area (Å²) >= 11 is 3.54. The van der Waals surface area contributed by atoms with Gasteiger partial charge in [0.2, 0.25) is 0 Å². The van der Waals surface area contributed by atoms with Crippen molar-refractivity contribution < 1.29 is 14.4 Å². The van der Waals surface area contributed by atoms with Gasteiger partial charge in [-0.3, -0.25) is 15.0 Å². The monoisotopic (exact) mass is 454 g/mol. The molecule has 3 aliphatic rings. The Morgan fingerprint density at radius 3 is 2.39 bits per heavy atom. The molecule has 3 fully saturated rings. The van der Waals surface area contributed by atoms with Gasteiger partial charge in [0, 0.05) is 61.9 Å². The largest absolute Gasteiger partial charge is 0.479 e. The van der Waals surface area contributed by atoms with Gasteiger partial charge in [-0.25, -0.2) is 0 Å². The first-order valence-corrected chi connectivity index (χ1v) is 10.7. The highest BCUT2D eigenvalue weighted by Gasteiger charge is 2.30. The number of rotatable bonds is 5. The zero-order valence-corrected chi connectivity index (χ0v) is 17.8. The number of nitrogens with zero attached hydrogens (tertiary/aromatic N) is 4. The smallest absolute Gasteiger partial charge is 0.312 e. The minimum Gasteiger partial charge on any atom is -0.479 e. The first kappa shape index (κ1) is 19.9. The van der Waals surface area contributed by atoms with E-state index in [1.165, 1.54) is 0 Å². The van der Waals surface area contributed by atoms with E-state index < -0.39 is 0 Å². The van der Waals surface area contributed by atoms with Gasteiger partial charge in [-0.05, 0) is 35.8 Å². The molecule has 0 amide bonds. The van der Waals surface area contributed by atoms with Gasteiger partial charge in [-0.2, -0.15) is 0 Å². The van der Waals surface area contributed by atoms with E-state index in [1.54, 1.807) is 6.07 Å². The average molecular weight is 455 g/mol. The molecule has 0 unspecified atom stereocenters. The molecule has 0 aromatic heterocycles. The molecule has 3 saturated heterocycles. The van der Waals surface area contributed by atoms with Crippen LogP contribution in [0.15, 0.2) is 16.6 Å². The Morgan fingerprint density at radius 1 is 1.14 bits per heavy atom. The SMILES string of the molecule is CN1CCN(C2CCN(c3cc(OC4COC4)c([N+](=O)[O-])cc3Br)CC2)CC1. The Balaban J connectivity index is 1.45. The molecule has 0 radical (unpaired) electrons. The summed E-state index contributed by atoms with van der Waals surface area (Å²) in [5, 5.41) is 11.4. The molecule has 0 aliphatic carbocycles. The van der Waals surface area contributed by atoms with Crippen molar-refractivity contribution in [1.82, 2.24) is 9.80 Å². The molecule has 0 spiro atoms. The van der Waals surface area contributed by atoms with E-state index in [0.29, 0.717) is 25.0 Å². The maximum atomic E-state index is 11.4. The van der Waals surface area contributed by atoms with E-state index in [0.717, 1.165) is 62.3 Å². The molecule has 4 rings (SSSR count). The second kappa shape index (κ2) is 8.52. The van der Waals surface area contributed by atoms with Gasteiger partial charge in [0.15, 0.2) is 5.75 Å². The number of hydrogen-bond acceptors (Lipinski definition) is 7. The van der Waals surface area contributed by atoms with Crippen molar-refractivity contribution in [3.63, 3.8) is 0 Å². The van der Waals surface area contributed by atoms with Crippen LogP contribution in [0.1, 0.15) is 12.8 Å². The number of piperazine rings is 1. The van der Waals surface area contributed by atoms with Crippen molar-refractivity contribution in [3.8, 4) is 5.75 Å². The van der Waals surface area contributed by atoms with E-state index in [1.807, 2.05) is 6.07 Å². The first-order chi connectivity index (χ1) is 13.5. The molecule has 9 heteroatoms. The van der Waals surface area contributed by atoms with Gasteiger partial charge in [-0.15, -0.1) is 0 Å². The second-order valence-electron chi connectivity index (χ2n) is 7.86. The van der Waals surface area contributed by atoms with Gasteiger partial charge in [0.05, 0.1) is 23.8 Å². The fourth-order valence-corrected chi connectivity index (χ4v) is 4.71. The number of anilines is 1. The summed E-state index contributed by atoms with van der Waals surface area (Å²) in [6.45, 7) is 7.42. The number of benzene rings is 1. The van der Waals surface area contributed by atoms with Crippen LogP contribution < -0.4 is 9.64 Å². The Labute approximate surface area is 173 Å². The topological polar surface area (TPSA) is 71.3 Å². The molecule has 8 nitrogen and oxygen atoms in total. The van der Waals surface area contributed by atoms with Crippen LogP contribution in [0.25, 0.3) is 0 Å². The average Bonchev–Trinajstić information content (AvgIpc) is 2.66. The molecule has 0 bridgehead atoms. The highest BCUT2D eigenvalue weighted by Crippen LogP contribution is 2.40. The van der Waals surface area contributed by atoms with Gasteiger partial charge in [0.25, 0.3) is 0 Å². The summed E-state index contributed by atoms with van der Waals surface area (Å²) in [7, 11) is 2.18. The van der Waals surface area contributed by atoms with Crippen molar-refractivity contribution in [3.05, 3.63) is 26.7 Å². The number of likely N-dealkylation sites (N-methyl/N-ethyl adjacent to an activating group) is 1. The third-order valence-electron chi connectivity index (χ3n) is 5.99. The van der Waals surface area contributed by atoms with Crippen LogP contribution in [0.2, 0.25) is 0 Å². The van der Waals surface area contributed by atoms with E-state index in [2.05, 4.69) is 37.7 Å². The highest BCUT2D eigenvalue weighted by atomic mass is 79.9. The summed E-state index contributed by atoms with van der Waals surface area (Å²) < 4.78 is 11.7. The number of ether oxygens (including phenoxy) is 2. The van der Waals surface area contributed by atoms with Crippen LogP contribution >= 0.6 is 15.9 Å². The number of piperidine rings is 1. The number of halogens is 1. The van der Waals surface area contributed by atoms with Crippen LogP contribution in [0, 0.1) is 10.1 Å². The van der Waals surface area contributed by atoms with Crippen molar-refractivity contribution in [2.24, 2.45) is 0 Å². The van der Waals surface area contributed by atoms with Crippen molar-refractivity contribution in [2.45, 2.75) is 25.0 Å². The minimum atomic E-state index is -0.386. The third kappa shape index (κ3) is 4.27. The Bertz CT molecular complexity index is 714. The van der Waals surface area contributed by atoms with Crippen LogP contribution in [0.3, 0.4) is 0 Å². The van der Waals surface area contributed by atoms with Gasteiger partial charge in [0.1, 0.15) is 6.10 Å². The molecule has 0 saturated carbocycles. The number of hydrogen-bond donors (Lipinski definition) is 0. The molecular formula is C19H27BrN4O4. The lowest BCUT2D eigenvalue weighted by molar-refractivity contribution is -0.386. The van der Waals surface area contributed by atoms with Crippen LogP contribution in [-0.4, -0.2) is 86.4 Å². The van der Waals surface area contributed by atoms with Gasteiger partial charge in [-0.1, -0.05) is 0 Å². The maximum absolute atomic E-state index is 11.4. The van der Waals surface area contributed by atoms with E-state index >= 15 is 0 Å². The Kier molecular flexibility index (Phi) is 6.05. The summed E-state index contributed by atoms with van der Waals surface area (Å²) in [6, 6.07) is 4.01. The summed E-state index contributed by atoms with van der Waals surface area (Å²) in [4.78, 5) is 18.4. The number of nitro benzene ring substituents is 1. The van der Waals surface area contributed by atoms with Crippen molar-refractivity contribution in [2.75, 3.05) is 64.4 Å². The van der Waals surface area contributed by atoms with Gasteiger partial charge >= 0.3 is 5.69 Å². The van der Waals surface area contributed by atoms with Crippen molar-refractivity contribution >= 4 is 27.3 Å². The fraction of sp³-hybridized carbons (Fsp3) is 0.684. The Hall–Kier alpha value is -1.42.